The number of ether oxygens (including phenoxy) is 1. The number of hydrogen-bond donors (Lipinski definition) is 0. The average Bonchev–Trinajstić information content (AvgIpc) is 2.92. The van der Waals surface area contributed by atoms with Crippen molar-refractivity contribution >= 4 is 38.5 Å². The molecule has 0 unspecified atom stereocenters. The van der Waals surface area contributed by atoms with Crippen molar-refractivity contribution in [3.8, 4) is 10.4 Å². The molecule has 0 radical (unpaired) electrons. The van der Waals surface area contributed by atoms with E-state index in [-0.39, 0.29) is 6.09 Å². The number of carbonyl (C=O) groups is 1. The molecular weight excluding hydrogens is 390 g/mol. The Balaban J connectivity index is 2.31. The number of nitrogens with zero attached hydrogens (tertiary/aromatic N) is 3. The van der Waals surface area contributed by atoms with Crippen LogP contribution in [0.25, 0.3) is 10.4 Å². The van der Waals surface area contributed by atoms with Gasteiger partial charge in [0.2, 0.25) is 0 Å². The first kappa shape index (κ1) is 18.9. The van der Waals surface area contributed by atoms with Crippen LogP contribution in [0.3, 0.4) is 0 Å². The van der Waals surface area contributed by atoms with Crippen molar-refractivity contribution in [3.63, 3.8) is 0 Å². The molecule has 0 fully saturated rings. The number of thiazole rings is 1. The van der Waals surface area contributed by atoms with Gasteiger partial charge in [0.25, 0.3) is 0 Å². The number of rotatable bonds is 4. The van der Waals surface area contributed by atoms with Crippen LogP contribution in [0, 0.1) is 5.92 Å². The lowest BCUT2D eigenvalue weighted by atomic mass is 10.2. The number of hydrogen-bond acceptors (Lipinski definition) is 5. The van der Waals surface area contributed by atoms with E-state index >= 15 is 0 Å². The first-order chi connectivity index (χ1) is 11.2. The number of carbonyl (C=O) groups excluding carboxylic acids is 1. The predicted octanol–water partition coefficient (Wildman–Crippen LogP) is 5.37. The first-order valence-corrected chi connectivity index (χ1v) is 9.34. The second kappa shape index (κ2) is 7.61. The van der Waals surface area contributed by atoms with Crippen LogP contribution in [-0.4, -0.2) is 28.2 Å². The van der Waals surface area contributed by atoms with E-state index in [9.17, 15) is 4.79 Å². The molecular formula is C17H22BrN3O2S. The summed E-state index contributed by atoms with van der Waals surface area (Å²) in [5, 5.41) is 0.636. The second-order valence-electron chi connectivity index (χ2n) is 6.85. The van der Waals surface area contributed by atoms with Crippen LogP contribution in [0.4, 0.5) is 9.93 Å². The van der Waals surface area contributed by atoms with Gasteiger partial charge >= 0.3 is 6.09 Å². The van der Waals surface area contributed by atoms with Crippen molar-refractivity contribution in [1.82, 2.24) is 9.97 Å². The second-order valence-corrected chi connectivity index (χ2v) is 8.71. The van der Waals surface area contributed by atoms with Crippen molar-refractivity contribution in [1.29, 1.82) is 0 Å². The fourth-order valence-corrected chi connectivity index (χ4v) is 3.55. The summed E-state index contributed by atoms with van der Waals surface area (Å²) in [7, 11) is 0. The summed E-state index contributed by atoms with van der Waals surface area (Å²) in [6, 6.07) is 1.92. The van der Waals surface area contributed by atoms with Gasteiger partial charge < -0.3 is 4.74 Å². The fourth-order valence-electron chi connectivity index (χ4n) is 2.00. The summed E-state index contributed by atoms with van der Waals surface area (Å²) in [6.07, 6.45) is 4.89. The third-order valence-electron chi connectivity index (χ3n) is 2.92. The molecule has 0 atom stereocenters. The normalized spacial score (nSPS) is 11.6. The molecule has 2 aromatic heterocycles. The lowest BCUT2D eigenvalue weighted by molar-refractivity contribution is 0.0576. The minimum absolute atomic E-state index is 0.303. The summed E-state index contributed by atoms with van der Waals surface area (Å²) in [4.78, 5) is 23.7. The molecule has 0 N–H and O–H groups in total. The highest BCUT2D eigenvalue weighted by atomic mass is 79.9. The van der Waals surface area contributed by atoms with Gasteiger partial charge in [-0.25, -0.2) is 9.78 Å². The Hall–Kier alpha value is -1.47. The smallest absolute Gasteiger partial charge is 0.416 e. The molecule has 0 aliphatic rings. The van der Waals surface area contributed by atoms with E-state index in [2.05, 4.69) is 39.7 Å². The molecule has 2 rings (SSSR count). The van der Waals surface area contributed by atoms with E-state index in [0.717, 1.165) is 14.9 Å². The first-order valence-electron chi connectivity index (χ1n) is 7.73. The van der Waals surface area contributed by atoms with Crippen LogP contribution in [0.2, 0.25) is 0 Å². The summed E-state index contributed by atoms with van der Waals surface area (Å²) < 4.78 is 6.42. The van der Waals surface area contributed by atoms with Crippen molar-refractivity contribution in [2.45, 2.75) is 40.2 Å². The van der Waals surface area contributed by atoms with Gasteiger partial charge in [-0.2, -0.15) is 0 Å². The molecule has 7 heteroatoms. The highest BCUT2D eigenvalue weighted by Gasteiger charge is 2.26. The molecule has 0 spiro atoms. The molecule has 0 aliphatic heterocycles. The highest BCUT2D eigenvalue weighted by Crippen LogP contribution is 2.35. The van der Waals surface area contributed by atoms with Gasteiger partial charge in [-0.15, -0.1) is 0 Å². The molecule has 130 valence electrons. The summed E-state index contributed by atoms with van der Waals surface area (Å²) in [5.41, 5.74) is 0.461. The van der Waals surface area contributed by atoms with E-state index in [4.69, 9.17) is 4.74 Å². The fraction of sp³-hybridized carbons (Fsp3) is 0.471. The maximum atomic E-state index is 12.6. The summed E-state index contributed by atoms with van der Waals surface area (Å²) in [5.74, 6) is 0.303. The van der Waals surface area contributed by atoms with E-state index in [1.807, 2.05) is 26.8 Å². The van der Waals surface area contributed by atoms with Crippen molar-refractivity contribution in [2.75, 3.05) is 11.4 Å². The van der Waals surface area contributed by atoms with E-state index in [1.54, 1.807) is 23.5 Å². The van der Waals surface area contributed by atoms with E-state index in [0.29, 0.717) is 17.6 Å². The van der Waals surface area contributed by atoms with Gasteiger partial charge in [-0.3, -0.25) is 9.88 Å². The van der Waals surface area contributed by atoms with Gasteiger partial charge in [0, 0.05) is 35.2 Å². The lowest BCUT2D eigenvalue weighted by Gasteiger charge is -2.26. The number of amides is 1. The summed E-state index contributed by atoms with van der Waals surface area (Å²) >= 11 is 4.96. The zero-order valence-corrected chi connectivity index (χ0v) is 16.9. The Labute approximate surface area is 155 Å². The topological polar surface area (TPSA) is 55.3 Å². The van der Waals surface area contributed by atoms with Crippen LogP contribution >= 0.6 is 27.3 Å². The molecule has 0 saturated heterocycles. The molecule has 2 heterocycles. The zero-order valence-electron chi connectivity index (χ0n) is 14.5. The predicted molar refractivity (Wildman–Crippen MR) is 101 cm³/mol. The van der Waals surface area contributed by atoms with Gasteiger partial charge in [0.15, 0.2) is 5.13 Å². The molecule has 24 heavy (non-hydrogen) atoms. The number of pyridine rings is 1. The Bertz CT molecular complexity index is 710. The highest BCUT2D eigenvalue weighted by molar-refractivity contribution is 9.10. The van der Waals surface area contributed by atoms with Crippen LogP contribution < -0.4 is 4.90 Å². The molecule has 0 bridgehead atoms. The Kier molecular flexibility index (Phi) is 5.98. The number of aromatic nitrogens is 2. The molecule has 0 aliphatic carbocycles. The van der Waals surface area contributed by atoms with Gasteiger partial charge in [-0.1, -0.05) is 25.2 Å². The minimum Gasteiger partial charge on any atom is -0.443 e. The molecule has 5 nitrogen and oxygen atoms in total. The van der Waals surface area contributed by atoms with E-state index < -0.39 is 5.60 Å². The van der Waals surface area contributed by atoms with Crippen LogP contribution in [0.1, 0.15) is 34.6 Å². The molecule has 2 aromatic rings. The maximum Gasteiger partial charge on any atom is 0.416 e. The SMILES string of the molecule is CC(C)CN(C(=O)OC(C)(C)C)c1ncc(-c2ccncc2Br)s1. The van der Waals surface area contributed by atoms with E-state index in [1.165, 1.54) is 11.3 Å². The molecule has 0 saturated carbocycles. The monoisotopic (exact) mass is 411 g/mol. The molecule has 1 amide bonds. The van der Waals surface area contributed by atoms with Crippen molar-refractivity contribution in [3.05, 3.63) is 29.1 Å². The largest absolute Gasteiger partial charge is 0.443 e. The third kappa shape index (κ3) is 5.01. The number of anilines is 1. The van der Waals surface area contributed by atoms with Crippen LogP contribution in [-0.2, 0) is 4.74 Å². The maximum absolute atomic E-state index is 12.6. The summed E-state index contributed by atoms with van der Waals surface area (Å²) in [6.45, 7) is 10.3. The Morgan fingerprint density at radius 1 is 1.38 bits per heavy atom. The van der Waals surface area contributed by atoms with Gasteiger partial charge in [-0.05, 0) is 48.7 Å². The Morgan fingerprint density at radius 3 is 2.67 bits per heavy atom. The minimum atomic E-state index is -0.541. The standard InChI is InChI=1S/C17H22BrN3O2S/c1-11(2)10-21(16(22)23-17(3,4)5)15-20-9-14(24-15)12-6-7-19-8-13(12)18/h6-9,11H,10H2,1-5H3. The molecule has 0 aromatic carbocycles. The van der Waals surface area contributed by atoms with Crippen molar-refractivity contribution in [2.24, 2.45) is 5.92 Å². The van der Waals surface area contributed by atoms with Crippen molar-refractivity contribution < 1.29 is 9.53 Å². The average molecular weight is 412 g/mol. The van der Waals surface area contributed by atoms with Gasteiger partial charge in [0.05, 0.1) is 4.88 Å². The third-order valence-corrected chi connectivity index (χ3v) is 4.61. The zero-order chi connectivity index (χ0) is 17.9. The quantitative estimate of drug-likeness (QED) is 0.678. The van der Waals surface area contributed by atoms with Crippen LogP contribution in [0.15, 0.2) is 29.1 Å². The van der Waals surface area contributed by atoms with Crippen LogP contribution in [0.5, 0.6) is 0 Å². The number of halogens is 1. The Morgan fingerprint density at radius 2 is 2.08 bits per heavy atom. The lowest BCUT2D eigenvalue weighted by Crippen LogP contribution is -2.38. The van der Waals surface area contributed by atoms with Gasteiger partial charge in [0.1, 0.15) is 5.60 Å².